The summed E-state index contributed by atoms with van der Waals surface area (Å²) in [5, 5.41) is 21.4. The molecule has 0 unspecified atom stereocenters. The van der Waals surface area contributed by atoms with Crippen molar-refractivity contribution in [3.8, 4) is 56.6 Å². The van der Waals surface area contributed by atoms with E-state index in [-0.39, 0.29) is 33.9 Å². The van der Waals surface area contributed by atoms with E-state index in [9.17, 15) is 41.3 Å². The Balaban J connectivity index is 1.32. The molecular weight excluding hydrogens is 730 g/mol. The molecular formula is C45H19F7N4. The van der Waals surface area contributed by atoms with Crippen LogP contribution in [0.4, 0.5) is 30.7 Å². The van der Waals surface area contributed by atoms with Gasteiger partial charge in [-0.05, 0) is 145 Å². The molecule has 268 valence electrons. The van der Waals surface area contributed by atoms with Crippen molar-refractivity contribution in [3.05, 3.63) is 176 Å². The highest BCUT2D eigenvalue weighted by atomic mass is 19.4. The lowest BCUT2D eigenvalue weighted by Crippen LogP contribution is -2.16. The van der Waals surface area contributed by atoms with Crippen LogP contribution >= 0.6 is 0 Å². The zero-order valence-electron chi connectivity index (χ0n) is 28.7. The first-order valence-electron chi connectivity index (χ1n) is 16.7. The van der Waals surface area contributed by atoms with Crippen molar-refractivity contribution < 1.29 is 30.7 Å². The Kier molecular flexibility index (Phi) is 7.97. The summed E-state index contributed by atoms with van der Waals surface area (Å²) in [6.45, 7) is 17.3. The molecule has 6 aromatic rings. The predicted octanol–water partition coefficient (Wildman–Crippen LogP) is 13.0. The molecule has 0 fully saturated rings. The second-order valence-corrected chi connectivity index (χ2v) is 13.3. The number of benzene rings is 6. The van der Waals surface area contributed by atoms with Gasteiger partial charge >= 0.3 is 12.4 Å². The van der Waals surface area contributed by atoms with E-state index in [1.807, 2.05) is 48.5 Å². The first-order chi connectivity index (χ1) is 26.7. The van der Waals surface area contributed by atoms with Gasteiger partial charge in [-0.25, -0.2) is 24.6 Å². The van der Waals surface area contributed by atoms with Crippen LogP contribution in [0, 0.1) is 48.5 Å². The molecule has 56 heavy (non-hydrogen) atoms. The molecule has 0 aliphatic heterocycles. The van der Waals surface area contributed by atoms with Crippen molar-refractivity contribution in [3.63, 3.8) is 0 Å². The van der Waals surface area contributed by atoms with E-state index >= 15 is 0 Å². The minimum absolute atomic E-state index is 0.140. The summed E-state index contributed by atoms with van der Waals surface area (Å²) in [4.78, 5) is 6.96. The lowest BCUT2D eigenvalue weighted by atomic mass is 9.94. The minimum Gasteiger partial charge on any atom is -0.226 e. The molecule has 11 heteroatoms. The molecule has 0 heterocycles. The maximum absolute atomic E-state index is 14.5. The summed E-state index contributed by atoms with van der Waals surface area (Å²) in [5.74, 6) is -0.376. The number of nitrogens with zero attached hydrogens (tertiary/aromatic N) is 4. The van der Waals surface area contributed by atoms with Crippen molar-refractivity contribution in [1.29, 1.82) is 10.5 Å². The zero-order chi connectivity index (χ0) is 39.8. The van der Waals surface area contributed by atoms with Crippen molar-refractivity contribution in [1.82, 2.24) is 0 Å². The topological polar surface area (TPSA) is 56.3 Å². The fourth-order valence-corrected chi connectivity index (χ4v) is 7.59. The molecule has 0 aromatic heterocycles. The van der Waals surface area contributed by atoms with Gasteiger partial charge in [-0.1, -0.05) is 42.5 Å². The fourth-order valence-electron chi connectivity index (χ4n) is 7.59. The van der Waals surface area contributed by atoms with Gasteiger partial charge in [0.25, 0.3) is 11.4 Å². The molecule has 0 saturated carbocycles. The van der Waals surface area contributed by atoms with Crippen LogP contribution in [0.5, 0.6) is 0 Å². The molecule has 0 N–H and O–H groups in total. The van der Waals surface area contributed by atoms with Gasteiger partial charge in [-0.2, -0.15) is 26.3 Å². The van der Waals surface area contributed by atoms with Crippen LogP contribution in [-0.2, 0) is 12.4 Å². The number of nitriles is 2. The van der Waals surface area contributed by atoms with Crippen molar-refractivity contribution in [2.24, 2.45) is 0 Å². The van der Waals surface area contributed by atoms with Gasteiger partial charge in [0.15, 0.2) is 0 Å². The van der Waals surface area contributed by atoms with Crippen molar-refractivity contribution in [2.75, 3.05) is 0 Å². The Morgan fingerprint density at radius 2 is 0.893 bits per heavy atom. The Morgan fingerprint density at radius 3 is 1.32 bits per heavy atom. The molecule has 0 atom stereocenters. The van der Waals surface area contributed by atoms with E-state index in [1.54, 1.807) is 31.2 Å². The number of hydrogen-bond donors (Lipinski definition) is 0. The van der Waals surface area contributed by atoms with Gasteiger partial charge in [-0.15, -0.1) is 0 Å². The van der Waals surface area contributed by atoms with Crippen LogP contribution in [0.1, 0.15) is 38.9 Å². The second kappa shape index (κ2) is 12.6. The number of aryl methyl sites for hydroxylation is 1. The molecule has 0 spiro atoms. The first-order valence-corrected chi connectivity index (χ1v) is 16.7. The van der Waals surface area contributed by atoms with Crippen LogP contribution in [-0.4, -0.2) is 0 Å². The smallest absolute Gasteiger partial charge is 0.226 e. The van der Waals surface area contributed by atoms with Gasteiger partial charge in [-0.3, -0.25) is 0 Å². The lowest BCUT2D eigenvalue weighted by molar-refractivity contribution is -0.162. The average molecular weight is 749 g/mol. The van der Waals surface area contributed by atoms with Crippen LogP contribution in [0.15, 0.2) is 108 Å². The molecule has 6 aromatic carbocycles. The summed E-state index contributed by atoms with van der Waals surface area (Å²) < 4.78 is 96.6. The summed E-state index contributed by atoms with van der Waals surface area (Å²) in [5.41, 5.74) is 2.91. The van der Waals surface area contributed by atoms with Gasteiger partial charge < -0.3 is 0 Å². The van der Waals surface area contributed by atoms with Gasteiger partial charge in [0.05, 0.1) is 36.4 Å². The third-order valence-corrected chi connectivity index (χ3v) is 10.2. The van der Waals surface area contributed by atoms with Crippen molar-refractivity contribution in [2.45, 2.75) is 19.3 Å². The highest BCUT2D eigenvalue weighted by molar-refractivity contribution is 6.12. The zero-order valence-corrected chi connectivity index (χ0v) is 28.7. The van der Waals surface area contributed by atoms with E-state index in [0.29, 0.717) is 84.1 Å². The molecule has 8 rings (SSSR count). The van der Waals surface area contributed by atoms with Gasteiger partial charge in [0, 0.05) is 11.1 Å². The summed E-state index contributed by atoms with van der Waals surface area (Å²) >= 11 is 0. The van der Waals surface area contributed by atoms with E-state index in [4.69, 9.17) is 13.1 Å². The van der Waals surface area contributed by atoms with Gasteiger partial charge in [0.2, 0.25) is 0 Å². The predicted molar refractivity (Wildman–Crippen MR) is 197 cm³/mol. The summed E-state index contributed by atoms with van der Waals surface area (Å²) in [6.07, 6.45) is -10.5. The maximum Gasteiger partial charge on any atom is 0.417 e. The van der Waals surface area contributed by atoms with E-state index in [2.05, 4.69) is 9.69 Å². The highest BCUT2D eigenvalue weighted by Gasteiger charge is 2.43. The van der Waals surface area contributed by atoms with Crippen LogP contribution in [0.3, 0.4) is 0 Å². The quantitative estimate of drug-likeness (QED) is 0.100. The standard InChI is InChI=1S/C45H19F7N4/c1-22-4-5-26(19-39(22)46)24-7-10-30-32-15-28-16-35-31(14-27(28)17-36(32)43(34(30)13-24)41(21-54)56-3)29-9-6-23(12-33(29)42(35)40(20-53)55-2)25-8-11-37(44(47,48)49)38(18-25)45(50,51)52/h4-19H,1H3/b42-40-,43-41+. The Bertz CT molecular complexity index is 2980. The van der Waals surface area contributed by atoms with E-state index < -0.39 is 23.5 Å². The van der Waals surface area contributed by atoms with E-state index in [1.165, 1.54) is 18.2 Å². The number of allylic oxidation sites excluding steroid dienone is 2. The monoisotopic (exact) mass is 748 g/mol. The average Bonchev–Trinajstić information content (AvgIpc) is 3.65. The molecule has 4 nitrogen and oxygen atoms in total. The molecule has 2 aliphatic carbocycles. The Labute approximate surface area is 314 Å². The Morgan fingerprint density at radius 1 is 0.500 bits per heavy atom. The van der Waals surface area contributed by atoms with Crippen LogP contribution in [0.2, 0.25) is 0 Å². The SMILES string of the molecule is [C-]#[N+]/C(C#N)=C1/c2cc(-c3ccc(C(F)(F)F)c(C(F)(F)F)c3)ccc2-c2cc3cc4c(cc3cc21)-c1ccc(-c2ccc(C)c(F)c2)cc1/C4=C(/C#N)[N+]#[C-]. The lowest BCUT2D eigenvalue weighted by Gasteiger charge is -2.17. The Hall–Kier alpha value is -7.47. The molecule has 0 radical (unpaired) electrons. The highest BCUT2D eigenvalue weighted by Crippen LogP contribution is 2.52. The number of alkyl halides is 6. The molecule has 0 bridgehead atoms. The summed E-state index contributed by atoms with van der Waals surface area (Å²) in [6, 6.07) is 27.9. The number of halogens is 7. The first kappa shape index (κ1) is 35.6. The van der Waals surface area contributed by atoms with Gasteiger partial charge in [0.1, 0.15) is 5.82 Å². The number of rotatable bonds is 2. The largest absolute Gasteiger partial charge is 0.417 e. The third-order valence-electron chi connectivity index (χ3n) is 10.2. The molecule has 0 amide bonds. The van der Waals surface area contributed by atoms with Crippen molar-refractivity contribution >= 4 is 21.9 Å². The maximum atomic E-state index is 14.5. The third kappa shape index (κ3) is 5.49. The second-order valence-electron chi connectivity index (χ2n) is 13.3. The molecule has 0 saturated heterocycles. The minimum atomic E-state index is -5.29. The number of fused-ring (bicyclic) bond motifs is 7. The van der Waals surface area contributed by atoms with Crippen LogP contribution in [0.25, 0.3) is 76.1 Å². The fraction of sp³-hybridized carbons (Fsp3) is 0.0667. The number of hydrogen-bond acceptors (Lipinski definition) is 2. The van der Waals surface area contributed by atoms with E-state index in [0.717, 1.165) is 11.6 Å². The van der Waals surface area contributed by atoms with Crippen LogP contribution < -0.4 is 0 Å². The summed E-state index contributed by atoms with van der Waals surface area (Å²) in [7, 11) is 0. The molecule has 2 aliphatic rings. The normalized spacial score (nSPS) is 14.4.